The summed E-state index contributed by atoms with van der Waals surface area (Å²) in [6.45, 7) is 6.76. The van der Waals surface area contributed by atoms with Crippen LogP contribution in [-0.4, -0.2) is 42.2 Å². The minimum Gasteiger partial charge on any atom is -0.395 e. The Morgan fingerprint density at radius 1 is 1.45 bits per heavy atom. The van der Waals surface area contributed by atoms with Crippen LogP contribution >= 0.6 is 11.3 Å². The predicted octanol–water partition coefficient (Wildman–Crippen LogP) is 1.44. The highest BCUT2D eigenvalue weighted by Crippen LogP contribution is 2.17. The summed E-state index contributed by atoms with van der Waals surface area (Å²) < 4.78 is 0. The number of aliphatic hydroxyl groups excluding tert-OH is 1. The van der Waals surface area contributed by atoms with Crippen molar-refractivity contribution in [2.75, 3.05) is 26.2 Å². The molecule has 5 heteroatoms. The topological polar surface area (TPSA) is 52.6 Å². The van der Waals surface area contributed by atoms with E-state index < -0.39 is 0 Å². The van der Waals surface area contributed by atoms with E-state index >= 15 is 0 Å². The molecule has 2 N–H and O–H groups in total. The van der Waals surface area contributed by atoms with Gasteiger partial charge in [0.25, 0.3) is 0 Å². The molecule has 0 unspecified atom stereocenters. The maximum Gasteiger partial charge on any atom is 0.234 e. The van der Waals surface area contributed by atoms with Crippen molar-refractivity contribution < 1.29 is 9.90 Å². The van der Waals surface area contributed by atoms with Gasteiger partial charge in [0, 0.05) is 24.4 Å². The first kappa shape index (κ1) is 16.7. The van der Waals surface area contributed by atoms with Crippen molar-refractivity contribution in [3.8, 4) is 11.8 Å². The zero-order valence-corrected chi connectivity index (χ0v) is 12.9. The minimum absolute atomic E-state index is 0.0638. The van der Waals surface area contributed by atoms with Gasteiger partial charge in [-0.25, -0.2) is 0 Å². The first-order chi connectivity index (χ1) is 9.69. The molecule has 0 bridgehead atoms. The first-order valence-electron chi connectivity index (χ1n) is 6.87. The van der Waals surface area contributed by atoms with Gasteiger partial charge in [-0.3, -0.25) is 9.69 Å². The third kappa shape index (κ3) is 6.20. The molecule has 0 atom stereocenters. The van der Waals surface area contributed by atoms with E-state index in [0.29, 0.717) is 19.5 Å². The summed E-state index contributed by atoms with van der Waals surface area (Å²) in [4.78, 5) is 15.9. The number of carbonyl (C=O) groups excluding carboxylic acids is 1. The van der Waals surface area contributed by atoms with Crippen molar-refractivity contribution in [1.82, 2.24) is 10.2 Å². The minimum atomic E-state index is 0.0638. The van der Waals surface area contributed by atoms with E-state index in [1.807, 2.05) is 19.1 Å². The Balaban J connectivity index is 2.54. The Kier molecular flexibility index (Phi) is 7.97. The van der Waals surface area contributed by atoms with Crippen molar-refractivity contribution in [2.24, 2.45) is 0 Å². The first-order valence-corrected chi connectivity index (χ1v) is 7.68. The molecule has 0 spiro atoms. The second-order valence-electron chi connectivity index (χ2n) is 4.30. The van der Waals surface area contributed by atoms with Crippen LogP contribution in [-0.2, 0) is 11.3 Å². The van der Waals surface area contributed by atoms with Crippen molar-refractivity contribution >= 4 is 17.2 Å². The summed E-state index contributed by atoms with van der Waals surface area (Å²) >= 11 is 1.64. The molecule has 1 aromatic rings. The number of thiophene rings is 1. The quantitative estimate of drug-likeness (QED) is 0.748. The average molecular weight is 294 g/mol. The third-order valence-electron chi connectivity index (χ3n) is 2.68. The fourth-order valence-electron chi connectivity index (χ4n) is 1.69. The molecule has 0 saturated carbocycles. The maximum absolute atomic E-state index is 11.6. The highest BCUT2D eigenvalue weighted by atomic mass is 32.1. The largest absolute Gasteiger partial charge is 0.395 e. The Bertz CT molecular complexity index is 474. The van der Waals surface area contributed by atoms with Crippen LogP contribution in [0.4, 0.5) is 0 Å². The van der Waals surface area contributed by atoms with E-state index in [1.165, 1.54) is 4.88 Å². The molecule has 0 aliphatic rings. The summed E-state index contributed by atoms with van der Waals surface area (Å²) in [7, 11) is 0. The maximum atomic E-state index is 11.6. The van der Waals surface area contributed by atoms with Gasteiger partial charge in [0.15, 0.2) is 0 Å². The molecule has 1 amide bonds. The Labute approximate surface area is 124 Å². The Morgan fingerprint density at radius 3 is 2.90 bits per heavy atom. The lowest BCUT2D eigenvalue weighted by Gasteiger charge is -2.18. The van der Waals surface area contributed by atoms with E-state index in [1.54, 1.807) is 11.3 Å². The number of hydrogen-bond acceptors (Lipinski definition) is 4. The number of amides is 1. The van der Waals surface area contributed by atoms with E-state index in [2.05, 4.69) is 29.0 Å². The molecule has 0 saturated heterocycles. The molecule has 0 radical (unpaired) electrons. The van der Waals surface area contributed by atoms with Gasteiger partial charge in [-0.2, -0.15) is 0 Å². The smallest absolute Gasteiger partial charge is 0.234 e. The third-order valence-corrected chi connectivity index (χ3v) is 3.66. The van der Waals surface area contributed by atoms with Crippen LogP contribution < -0.4 is 5.32 Å². The molecule has 1 heterocycles. The van der Waals surface area contributed by atoms with Gasteiger partial charge >= 0.3 is 0 Å². The highest BCUT2D eigenvalue weighted by molar-refractivity contribution is 7.12. The Hall–Kier alpha value is -1.35. The second kappa shape index (κ2) is 9.54. The number of carbonyl (C=O) groups is 1. The van der Waals surface area contributed by atoms with Crippen LogP contribution in [0.2, 0.25) is 0 Å². The molecule has 0 aliphatic carbocycles. The average Bonchev–Trinajstić information content (AvgIpc) is 2.86. The van der Waals surface area contributed by atoms with Crippen LogP contribution in [0.5, 0.6) is 0 Å². The number of nitrogens with one attached hydrogen (secondary N) is 1. The van der Waals surface area contributed by atoms with E-state index in [4.69, 9.17) is 5.11 Å². The van der Waals surface area contributed by atoms with E-state index in [0.717, 1.165) is 18.0 Å². The second-order valence-corrected chi connectivity index (χ2v) is 5.47. The highest BCUT2D eigenvalue weighted by Gasteiger charge is 2.10. The standard InChI is InChI=1S/C15H22N2O2S/c1-3-16-15(19)12-17(4-2)11-14-9-8-13(20-14)7-5-6-10-18/h8-9,18H,3-4,6,10-12H2,1-2H3,(H,16,19). The molecule has 4 nitrogen and oxygen atoms in total. The molecule has 110 valence electrons. The summed E-state index contributed by atoms with van der Waals surface area (Å²) in [5.74, 6) is 6.01. The summed E-state index contributed by atoms with van der Waals surface area (Å²) in [5, 5.41) is 11.5. The van der Waals surface area contributed by atoms with Gasteiger partial charge < -0.3 is 10.4 Å². The summed E-state index contributed by atoms with van der Waals surface area (Å²) in [5.41, 5.74) is 0. The number of likely N-dealkylation sites (N-methyl/N-ethyl adjacent to an activating group) is 2. The van der Waals surface area contributed by atoms with Gasteiger partial charge in [-0.05, 0) is 25.6 Å². The molecular formula is C15H22N2O2S. The van der Waals surface area contributed by atoms with Crippen molar-refractivity contribution in [3.63, 3.8) is 0 Å². The van der Waals surface area contributed by atoms with Gasteiger partial charge in [-0.1, -0.05) is 18.8 Å². The van der Waals surface area contributed by atoms with Crippen molar-refractivity contribution in [2.45, 2.75) is 26.8 Å². The lowest BCUT2D eigenvalue weighted by Crippen LogP contribution is -2.36. The van der Waals surface area contributed by atoms with Gasteiger partial charge in [0.2, 0.25) is 5.91 Å². The SMILES string of the molecule is CCNC(=O)CN(CC)Cc1ccc(C#CCCO)s1. The Morgan fingerprint density at radius 2 is 2.25 bits per heavy atom. The lowest BCUT2D eigenvalue weighted by atomic mass is 10.3. The fourth-order valence-corrected chi connectivity index (χ4v) is 2.62. The predicted molar refractivity (Wildman–Crippen MR) is 82.5 cm³/mol. The number of rotatable bonds is 7. The van der Waals surface area contributed by atoms with Gasteiger partial charge in [0.1, 0.15) is 0 Å². The van der Waals surface area contributed by atoms with E-state index in [9.17, 15) is 4.79 Å². The molecule has 0 aromatic carbocycles. The van der Waals surface area contributed by atoms with Crippen molar-refractivity contribution in [1.29, 1.82) is 0 Å². The van der Waals surface area contributed by atoms with Crippen LogP contribution in [0.1, 0.15) is 30.0 Å². The van der Waals surface area contributed by atoms with Crippen LogP contribution in [0.15, 0.2) is 12.1 Å². The van der Waals surface area contributed by atoms with Crippen LogP contribution in [0, 0.1) is 11.8 Å². The summed E-state index contributed by atoms with van der Waals surface area (Å²) in [6, 6.07) is 4.04. The molecule has 0 fully saturated rings. The summed E-state index contributed by atoms with van der Waals surface area (Å²) in [6.07, 6.45) is 0.505. The fraction of sp³-hybridized carbons (Fsp3) is 0.533. The van der Waals surface area contributed by atoms with Crippen molar-refractivity contribution in [3.05, 3.63) is 21.9 Å². The molecular weight excluding hydrogens is 272 g/mol. The number of aliphatic hydroxyl groups is 1. The molecule has 1 rings (SSSR count). The van der Waals surface area contributed by atoms with Crippen LogP contribution in [0.3, 0.4) is 0 Å². The number of hydrogen-bond donors (Lipinski definition) is 2. The van der Waals surface area contributed by atoms with E-state index in [-0.39, 0.29) is 12.5 Å². The molecule has 20 heavy (non-hydrogen) atoms. The molecule has 1 aromatic heterocycles. The lowest BCUT2D eigenvalue weighted by molar-refractivity contribution is -0.122. The molecule has 0 aliphatic heterocycles. The zero-order chi connectivity index (χ0) is 14.8. The monoisotopic (exact) mass is 294 g/mol. The zero-order valence-electron chi connectivity index (χ0n) is 12.1. The normalized spacial score (nSPS) is 10.2. The van der Waals surface area contributed by atoms with Crippen LogP contribution in [0.25, 0.3) is 0 Å². The number of nitrogens with zero attached hydrogens (tertiary/aromatic N) is 1. The van der Waals surface area contributed by atoms with Gasteiger partial charge in [0.05, 0.1) is 18.0 Å². The van der Waals surface area contributed by atoms with Gasteiger partial charge in [-0.15, -0.1) is 11.3 Å².